The van der Waals surface area contributed by atoms with Crippen LogP contribution in [-0.4, -0.2) is 15.9 Å². The summed E-state index contributed by atoms with van der Waals surface area (Å²) in [5.74, 6) is 0.948. The molecule has 0 fully saturated rings. The van der Waals surface area contributed by atoms with Crippen LogP contribution in [0.2, 0.25) is 0 Å². The van der Waals surface area contributed by atoms with Gasteiger partial charge in [0, 0.05) is 19.7 Å². The van der Waals surface area contributed by atoms with Gasteiger partial charge in [-0.2, -0.15) is 5.10 Å². The highest BCUT2D eigenvalue weighted by molar-refractivity contribution is 5.38. The van der Waals surface area contributed by atoms with Crippen molar-refractivity contribution in [1.29, 1.82) is 0 Å². The van der Waals surface area contributed by atoms with E-state index in [0.29, 0.717) is 0 Å². The molecule has 1 aromatic carbocycles. The van der Waals surface area contributed by atoms with E-state index >= 15 is 0 Å². The molecule has 88 valence electrons. The minimum absolute atomic E-state index is 0.0118. The van der Waals surface area contributed by atoms with Crippen LogP contribution in [0.3, 0.4) is 0 Å². The van der Waals surface area contributed by atoms with Crippen molar-refractivity contribution in [2.75, 3.05) is 0 Å². The molecular weight excluding hydrogens is 214 g/mol. The summed E-state index contributed by atoms with van der Waals surface area (Å²) in [5, 5.41) is 4.33. The molecule has 2 unspecified atom stereocenters. The van der Waals surface area contributed by atoms with Crippen molar-refractivity contribution in [3.05, 3.63) is 47.8 Å². The van der Waals surface area contributed by atoms with Crippen LogP contribution in [0.5, 0.6) is 5.75 Å². The summed E-state index contributed by atoms with van der Waals surface area (Å²) < 4.78 is 7.62. The van der Waals surface area contributed by atoms with Gasteiger partial charge in [0.25, 0.3) is 0 Å². The van der Waals surface area contributed by atoms with Gasteiger partial charge in [0.15, 0.2) is 0 Å². The van der Waals surface area contributed by atoms with Crippen molar-refractivity contribution in [2.45, 2.75) is 18.6 Å². The number of nitrogens with zero attached hydrogens (tertiary/aromatic N) is 2. The van der Waals surface area contributed by atoms with Crippen molar-refractivity contribution in [3.8, 4) is 5.75 Å². The van der Waals surface area contributed by atoms with Crippen molar-refractivity contribution in [3.63, 3.8) is 0 Å². The number of aromatic nitrogens is 2. The summed E-state index contributed by atoms with van der Waals surface area (Å²) in [5.41, 5.74) is 8.30. The maximum absolute atomic E-state index is 6.19. The lowest BCUT2D eigenvalue weighted by Crippen LogP contribution is -2.30. The third kappa shape index (κ3) is 1.80. The number of benzene rings is 1. The van der Waals surface area contributed by atoms with Crippen molar-refractivity contribution < 1.29 is 4.74 Å². The first-order valence-corrected chi connectivity index (χ1v) is 5.74. The predicted molar refractivity (Wildman–Crippen MR) is 64.7 cm³/mol. The molecule has 3 rings (SSSR count). The summed E-state index contributed by atoms with van der Waals surface area (Å²) in [6, 6.07) is 9.84. The number of nitrogens with two attached hydrogens (primary N) is 1. The van der Waals surface area contributed by atoms with Gasteiger partial charge in [-0.15, -0.1) is 0 Å². The minimum atomic E-state index is -0.177. The number of fused-ring (bicyclic) bond motifs is 1. The Morgan fingerprint density at radius 2 is 2.24 bits per heavy atom. The van der Waals surface area contributed by atoms with Gasteiger partial charge in [0.1, 0.15) is 11.9 Å². The van der Waals surface area contributed by atoms with E-state index in [1.165, 1.54) is 5.56 Å². The number of rotatable bonds is 2. The highest BCUT2D eigenvalue weighted by Gasteiger charge is 2.29. The molecule has 4 nitrogen and oxygen atoms in total. The number of hydrogen-bond donors (Lipinski definition) is 1. The Labute approximate surface area is 100 Å². The van der Waals surface area contributed by atoms with Crippen LogP contribution in [0.25, 0.3) is 0 Å². The zero-order chi connectivity index (χ0) is 11.8. The van der Waals surface area contributed by atoms with Crippen LogP contribution in [0.1, 0.15) is 17.3 Å². The van der Waals surface area contributed by atoms with E-state index < -0.39 is 0 Å². The van der Waals surface area contributed by atoms with Crippen LogP contribution >= 0.6 is 0 Å². The van der Waals surface area contributed by atoms with Crippen LogP contribution in [-0.2, 0) is 13.5 Å². The summed E-state index contributed by atoms with van der Waals surface area (Å²) in [7, 11) is 1.89. The van der Waals surface area contributed by atoms with Gasteiger partial charge in [-0.3, -0.25) is 4.68 Å². The highest BCUT2D eigenvalue weighted by Crippen LogP contribution is 2.32. The molecule has 0 spiro atoms. The second-order valence-corrected chi connectivity index (χ2v) is 4.41. The Kier molecular flexibility index (Phi) is 2.37. The largest absolute Gasteiger partial charge is 0.488 e. The van der Waals surface area contributed by atoms with E-state index in [-0.39, 0.29) is 12.1 Å². The van der Waals surface area contributed by atoms with E-state index in [1.54, 1.807) is 4.68 Å². The first-order chi connectivity index (χ1) is 8.24. The molecule has 0 saturated heterocycles. The van der Waals surface area contributed by atoms with Crippen LogP contribution in [0.4, 0.5) is 0 Å². The first-order valence-electron chi connectivity index (χ1n) is 5.74. The third-order valence-corrected chi connectivity index (χ3v) is 3.15. The monoisotopic (exact) mass is 229 g/mol. The molecule has 1 aromatic heterocycles. The molecule has 0 saturated carbocycles. The lowest BCUT2D eigenvalue weighted by molar-refractivity contribution is 0.197. The summed E-state index contributed by atoms with van der Waals surface area (Å²) in [4.78, 5) is 0. The third-order valence-electron chi connectivity index (χ3n) is 3.15. The summed E-state index contributed by atoms with van der Waals surface area (Å²) in [6.07, 6.45) is 2.74. The molecule has 1 aliphatic rings. The molecule has 0 amide bonds. The summed E-state index contributed by atoms with van der Waals surface area (Å²) in [6.45, 7) is 0. The lowest BCUT2D eigenvalue weighted by atomic mass is 10.0. The van der Waals surface area contributed by atoms with E-state index in [4.69, 9.17) is 10.5 Å². The maximum atomic E-state index is 6.19. The molecule has 0 bridgehead atoms. The van der Waals surface area contributed by atoms with Crippen LogP contribution in [0.15, 0.2) is 36.5 Å². The van der Waals surface area contributed by atoms with Gasteiger partial charge in [0.2, 0.25) is 0 Å². The fourth-order valence-electron chi connectivity index (χ4n) is 2.21. The summed E-state index contributed by atoms with van der Waals surface area (Å²) >= 11 is 0. The first kappa shape index (κ1) is 10.4. The molecule has 2 aromatic rings. The molecule has 0 aliphatic carbocycles. The van der Waals surface area contributed by atoms with E-state index in [2.05, 4.69) is 11.2 Å². The van der Waals surface area contributed by atoms with Crippen LogP contribution < -0.4 is 10.5 Å². The number of aryl methyl sites for hydroxylation is 1. The molecule has 1 aliphatic heterocycles. The van der Waals surface area contributed by atoms with Gasteiger partial charge in [-0.05, 0) is 17.7 Å². The molecule has 17 heavy (non-hydrogen) atoms. The minimum Gasteiger partial charge on any atom is -0.488 e. The Balaban J connectivity index is 1.80. The maximum Gasteiger partial charge on any atom is 0.124 e. The smallest absolute Gasteiger partial charge is 0.124 e. The number of ether oxygens (including phenoxy) is 1. The van der Waals surface area contributed by atoms with Gasteiger partial charge >= 0.3 is 0 Å². The number of para-hydroxylation sites is 1. The second-order valence-electron chi connectivity index (χ2n) is 4.41. The molecule has 4 heteroatoms. The molecule has 0 radical (unpaired) electrons. The topological polar surface area (TPSA) is 53.1 Å². The standard InChI is InChI=1S/C13H15N3O/c1-16-7-6-10(15-16)13(14)12-8-9-4-2-3-5-11(9)17-12/h2-7,12-13H,8,14H2,1H3. The molecular formula is C13H15N3O. The highest BCUT2D eigenvalue weighted by atomic mass is 16.5. The fourth-order valence-corrected chi connectivity index (χ4v) is 2.21. The molecule has 2 atom stereocenters. The van der Waals surface area contributed by atoms with Gasteiger partial charge in [-0.1, -0.05) is 18.2 Å². The zero-order valence-corrected chi connectivity index (χ0v) is 9.71. The number of hydrogen-bond acceptors (Lipinski definition) is 3. The van der Waals surface area contributed by atoms with Gasteiger partial charge < -0.3 is 10.5 Å². The molecule has 2 N–H and O–H groups in total. The average Bonchev–Trinajstić information content (AvgIpc) is 2.93. The zero-order valence-electron chi connectivity index (χ0n) is 9.71. The Bertz CT molecular complexity index is 510. The fraction of sp³-hybridized carbons (Fsp3) is 0.308. The quantitative estimate of drug-likeness (QED) is 0.847. The van der Waals surface area contributed by atoms with Crippen molar-refractivity contribution in [2.24, 2.45) is 12.8 Å². The normalized spacial score (nSPS) is 19.8. The van der Waals surface area contributed by atoms with Crippen LogP contribution in [0, 0.1) is 0 Å². The second kappa shape index (κ2) is 3.89. The van der Waals surface area contributed by atoms with Gasteiger partial charge in [-0.25, -0.2) is 0 Å². The molecule has 2 heterocycles. The average molecular weight is 229 g/mol. The lowest BCUT2D eigenvalue weighted by Gasteiger charge is -2.16. The SMILES string of the molecule is Cn1ccc(C(N)C2Cc3ccccc3O2)n1. The Morgan fingerprint density at radius 1 is 1.41 bits per heavy atom. The Hall–Kier alpha value is -1.81. The van der Waals surface area contributed by atoms with E-state index in [0.717, 1.165) is 17.9 Å². The van der Waals surface area contributed by atoms with Crippen molar-refractivity contribution in [1.82, 2.24) is 9.78 Å². The predicted octanol–water partition coefficient (Wildman–Crippen LogP) is 1.42. The van der Waals surface area contributed by atoms with E-state index in [9.17, 15) is 0 Å². The van der Waals surface area contributed by atoms with Gasteiger partial charge in [0.05, 0.1) is 11.7 Å². The van der Waals surface area contributed by atoms with E-state index in [1.807, 2.05) is 37.5 Å². The van der Waals surface area contributed by atoms with Crippen molar-refractivity contribution >= 4 is 0 Å². The Morgan fingerprint density at radius 3 is 2.94 bits per heavy atom.